The molecule has 4 nitrogen and oxygen atoms in total. The molecule has 3 atom stereocenters. The van der Waals surface area contributed by atoms with Gasteiger partial charge in [-0.05, 0) is 33.4 Å². The molecule has 0 saturated heterocycles. The third-order valence-corrected chi connectivity index (χ3v) is 3.72. The zero-order valence-corrected chi connectivity index (χ0v) is 14.2. The summed E-state index contributed by atoms with van der Waals surface area (Å²) in [6.07, 6.45) is 4.37. The summed E-state index contributed by atoms with van der Waals surface area (Å²) >= 11 is 0. The Labute approximate surface area is 125 Å². The van der Waals surface area contributed by atoms with Crippen LogP contribution in [0.5, 0.6) is 0 Å². The first-order chi connectivity index (χ1) is 9.46. The molecule has 3 unspecified atom stereocenters. The van der Waals surface area contributed by atoms with Crippen molar-refractivity contribution in [3.05, 3.63) is 0 Å². The van der Waals surface area contributed by atoms with Crippen molar-refractivity contribution in [1.29, 1.82) is 0 Å². The van der Waals surface area contributed by atoms with E-state index in [-0.39, 0.29) is 12.2 Å². The first kappa shape index (κ1) is 19.8. The van der Waals surface area contributed by atoms with Crippen LogP contribution in [0.3, 0.4) is 0 Å². The van der Waals surface area contributed by atoms with Gasteiger partial charge in [-0.15, -0.1) is 0 Å². The summed E-state index contributed by atoms with van der Waals surface area (Å²) in [4.78, 5) is 4.68. The lowest BCUT2D eigenvalue weighted by Crippen LogP contribution is -2.52. The molecule has 0 amide bonds. The Morgan fingerprint density at radius 2 is 1.30 bits per heavy atom. The number of rotatable bonds is 12. The van der Waals surface area contributed by atoms with Crippen LogP contribution in [0, 0.1) is 0 Å². The molecule has 0 aliphatic rings. The molecule has 0 heterocycles. The van der Waals surface area contributed by atoms with E-state index in [1.807, 2.05) is 13.8 Å². The molecule has 0 aromatic carbocycles. The fraction of sp³-hybridized carbons (Fsp3) is 1.00. The van der Waals surface area contributed by atoms with Crippen LogP contribution in [-0.2, 0) is 0 Å². The van der Waals surface area contributed by atoms with Crippen LogP contribution in [0.4, 0.5) is 0 Å². The lowest BCUT2D eigenvalue weighted by Gasteiger charge is -2.40. The maximum absolute atomic E-state index is 9.74. The predicted molar refractivity (Wildman–Crippen MR) is 85.8 cm³/mol. The minimum absolute atomic E-state index is 0.320. The largest absolute Gasteiger partial charge is 0.392 e. The Bertz CT molecular complexity index is 209. The van der Waals surface area contributed by atoms with Crippen LogP contribution in [0.25, 0.3) is 0 Å². The zero-order chi connectivity index (χ0) is 15.5. The van der Waals surface area contributed by atoms with Crippen LogP contribution >= 0.6 is 0 Å². The van der Waals surface area contributed by atoms with E-state index in [0.717, 1.165) is 19.5 Å². The zero-order valence-electron chi connectivity index (χ0n) is 14.2. The van der Waals surface area contributed by atoms with Crippen molar-refractivity contribution in [3.63, 3.8) is 0 Å². The van der Waals surface area contributed by atoms with Crippen molar-refractivity contribution in [3.8, 4) is 0 Å². The van der Waals surface area contributed by atoms with E-state index in [1.54, 1.807) is 0 Å². The average Bonchev–Trinajstić information content (AvgIpc) is 2.36. The van der Waals surface area contributed by atoms with Gasteiger partial charge in [0.25, 0.3) is 0 Å². The summed E-state index contributed by atoms with van der Waals surface area (Å²) in [6, 6.07) is 0. The minimum Gasteiger partial charge on any atom is -0.392 e. The highest BCUT2D eigenvalue weighted by Gasteiger charge is 2.24. The van der Waals surface area contributed by atoms with Crippen molar-refractivity contribution in [2.75, 3.05) is 26.2 Å². The van der Waals surface area contributed by atoms with Gasteiger partial charge >= 0.3 is 0 Å². The molecule has 2 N–H and O–H groups in total. The molecule has 0 aliphatic carbocycles. The molecule has 0 radical (unpaired) electrons. The summed E-state index contributed by atoms with van der Waals surface area (Å²) in [6.45, 7) is 13.5. The maximum Gasteiger partial charge on any atom is 0.0639 e. The van der Waals surface area contributed by atoms with E-state index < -0.39 is 0 Å². The van der Waals surface area contributed by atoms with E-state index >= 15 is 0 Å². The van der Waals surface area contributed by atoms with E-state index in [0.29, 0.717) is 19.3 Å². The quantitative estimate of drug-likeness (QED) is 0.427. The van der Waals surface area contributed by atoms with Gasteiger partial charge in [-0.1, -0.05) is 40.0 Å². The van der Waals surface area contributed by atoms with Crippen molar-refractivity contribution in [1.82, 2.24) is 9.80 Å². The second-order valence-corrected chi connectivity index (χ2v) is 5.85. The molecule has 0 bridgehead atoms. The van der Waals surface area contributed by atoms with Gasteiger partial charge in [0.15, 0.2) is 0 Å². The first-order valence-electron chi connectivity index (χ1n) is 8.30. The van der Waals surface area contributed by atoms with Crippen LogP contribution in [-0.4, -0.2) is 64.6 Å². The van der Waals surface area contributed by atoms with Gasteiger partial charge in [-0.2, -0.15) is 0 Å². The number of hydrogen-bond donors (Lipinski definition) is 2. The summed E-state index contributed by atoms with van der Waals surface area (Å²) in [5.41, 5.74) is 0. The Morgan fingerprint density at radius 3 is 1.65 bits per heavy atom. The van der Waals surface area contributed by atoms with Crippen molar-refractivity contribution >= 4 is 0 Å². The molecule has 0 saturated carbocycles. The Balaban J connectivity index is 4.85. The molecule has 0 aromatic rings. The standard InChI is InChI=1S/C16H36N2O2/c1-6-9-10-11-16(17(7-2)8-3)18(12-14(4)19)13-15(5)20/h14-16,19-20H,6-13H2,1-5H3. The molecular formula is C16H36N2O2. The topological polar surface area (TPSA) is 46.9 Å². The second-order valence-electron chi connectivity index (χ2n) is 5.85. The molecule has 0 rings (SSSR count). The molecule has 0 spiro atoms. The van der Waals surface area contributed by atoms with Crippen LogP contribution in [0.15, 0.2) is 0 Å². The second kappa shape index (κ2) is 11.5. The molecule has 0 aliphatic heterocycles. The fourth-order valence-corrected chi connectivity index (χ4v) is 2.81. The Morgan fingerprint density at radius 1 is 0.800 bits per heavy atom. The number of aliphatic hydroxyl groups is 2. The lowest BCUT2D eigenvalue weighted by molar-refractivity contribution is -0.0112. The van der Waals surface area contributed by atoms with Gasteiger partial charge in [0, 0.05) is 13.1 Å². The molecule has 0 fully saturated rings. The first-order valence-corrected chi connectivity index (χ1v) is 8.30. The number of unbranched alkanes of at least 4 members (excludes halogenated alkanes) is 2. The number of aliphatic hydroxyl groups excluding tert-OH is 2. The van der Waals surface area contributed by atoms with Crippen LogP contribution < -0.4 is 0 Å². The highest BCUT2D eigenvalue weighted by atomic mass is 16.3. The smallest absolute Gasteiger partial charge is 0.0639 e. The molecule has 20 heavy (non-hydrogen) atoms. The van der Waals surface area contributed by atoms with E-state index in [2.05, 4.69) is 30.6 Å². The van der Waals surface area contributed by atoms with Crippen molar-refractivity contribution in [2.45, 2.75) is 78.7 Å². The summed E-state index contributed by atoms with van der Waals surface area (Å²) < 4.78 is 0. The van der Waals surface area contributed by atoms with Crippen LogP contribution in [0.1, 0.15) is 60.3 Å². The summed E-state index contributed by atoms with van der Waals surface area (Å²) in [5, 5.41) is 19.5. The summed E-state index contributed by atoms with van der Waals surface area (Å²) in [7, 11) is 0. The van der Waals surface area contributed by atoms with Gasteiger partial charge in [-0.3, -0.25) is 9.80 Å². The Hall–Kier alpha value is -0.160. The minimum atomic E-state index is -0.363. The van der Waals surface area contributed by atoms with Crippen molar-refractivity contribution < 1.29 is 10.2 Å². The number of nitrogens with zero attached hydrogens (tertiary/aromatic N) is 2. The third-order valence-electron chi connectivity index (χ3n) is 3.72. The SMILES string of the molecule is CCCCCC(N(CC)CC)N(CC(C)O)CC(C)O. The predicted octanol–water partition coefficient (Wildman–Crippen LogP) is 2.30. The average molecular weight is 288 g/mol. The maximum atomic E-state index is 9.74. The van der Waals surface area contributed by atoms with Crippen LogP contribution in [0.2, 0.25) is 0 Å². The lowest BCUT2D eigenvalue weighted by atomic mass is 10.1. The highest BCUT2D eigenvalue weighted by Crippen LogP contribution is 2.16. The van der Waals surface area contributed by atoms with Gasteiger partial charge < -0.3 is 10.2 Å². The van der Waals surface area contributed by atoms with Gasteiger partial charge in [0.1, 0.15) is 0 Å². The normalized spacial score (nSPS) is 16.6. The van der Waals surface area contributed by atoms with Gasteiger partial charge in [0.05, 0.1) is 18.4 Å². The molecule has 122 valence electrons. The van der Waals surface area contributed by atoms with Gasteiger partial charge in [0.2, 0.25) is 0 Å². The molecule has 0 aromatic heterocycles. The van der Waals surface area contributed by atoms with Crippen molar-refractivity contribution in [2.24, 2.45) is 0 Å². The monoisotopic (exact) mass is 288 g/mol. The van der Waals surface area contributed by atoms with Gasteiger partial charge in [-0.25, -0.2) is 0 Å². The van der Waals surface area contributed by atoms with E-state index in [9.17, 15) is 10.2 Å². The number of hydrogen-bond acceptors (Lipinski definition) is 4. The fourth-order valence-electron chi connectivity index (χ4n) is 2.81. The molecule has 4 heteroatoms. The Kier molecular flexibility index (Phi) is 11.4. The van der Waals surface area contributed by atoms with E-state index in [1.165, 1.54) is 19.3 Å². The summed E-state index contributed by atoms with van der Waals surface area (Å²) in [5.74, 6) is 0. The molecular weight excluding hydrogens is 252 g/mol. The third kappa shape index (κ3) is 8.20. The highest BCUT2D eigenvalue weighted by molar-refractivity contribution is 4.76. The van der Waals surface area contributed by atoms with E-state index in [4.69, 9.17) is 0 Å².